The second-order valence-electron chi connectivity index (χ2n) is 10.1. The molecule has 1 fully saturated rings. The monoisotopic (exact) mass is 560 g/mol. The Bertz CT molecular complexity index is 911. The summed E-state index contributed by atoms with van der Waals surface area (Å²) < 4.78 is 0. The summed E-state index contributed by atoms with van der Waals surface area (Å²) >= 11 is 12.0. The summed E-state index contributed by atoms with van der Waals surface area (Å²) in [5.41, 5.74) is 1.24. The Labute approximate surface area is 238 Å². The van der Waals surface area contributed by atoms with E-state index in [-0.39, 0.29) is 24.1 Å². The van der Waals surface area contributed by atoms with E-state index in [0.29, 0.717) is 21.2 Å². The molecule has 1 saturated heterocycles. The zero-order valence-corrected chi connectivity index (χ0v) is 24.2. The summed E-state index contributed by atoms with van der Waals surface area (Å²) in [6.45, 7) is 7.71. The smallest absolute Gasteiger partial charge is 0.252 e. The molecule has 1 aliphatic heterocycles. The molecule has 2 N–H and O–H groups in total. The maximum atomic E-state index is 13.0. The van der Waals surface area contributed by atoms with Crippen molar-refractivity contribution in [3.63, 3.8) is 0 Å². The minimum Gasteiger partial charge on any atom is -0.336 e. The molecule has 3 rings (SSSR count). The molecule has 0 saturated carbocycles. The first-order valence-corrected chi connectivity index (χ1v) is 14.8. The van der Waals surface area contributed by atoms with Crippen LogP contribution in [0.2, 0.25) is 10.0 Å². The number of rotatable bonds is 14. The normalized spacial score (nSPS) is 16.1. The lowest BCUT2D eigenvalue weighted by Gasteiger charge is -2.42. The Kier molecular flexibility index (Phi) is 12.9. The van der Waals surface area contributed by atoms with Crippen LogP contribution in [-0.4, -0.2) is 60.1 Å². The molecule has 0 spiro atoms. The van der Waals surface area contributed by atoms with Gasteiger partial charge >= 0.3 is 0 Å². The van der Waals surface area contributed by atoms with Crippen molar-refractivity contribution in [2.75, 3.05) is 26.2 Å². The van der Waals surface area contributed by atoms with Crippen molar-refractivity contribution in [3.05, 3.63) is 69.7 Å². The van der Waals surface area contributed by atoms with E-state index in [2.05, 4.69) is 34.3 Å². The summed E-state index contributed by atoms with van der Waals surface area (Å²) in [7, 11) is 0. The number of hydrogen-bond acceptors (Lipinski definition) is 4. The van der Waals surface area contributed by atoms with Crippen molar-refractivity contribution in [1.82, 2.24) is 20.4 Å². The number of benzene rings is 2. The summed E-state index contributed by atoms with van der Waals surface area (Å²) in [6.07, 6.45) is 8.49. The highest BCUT2D eigenvalue weighted by Crippen LogP contribution is 2.18. The molecule has 2 aromatic rings. The van der Waals surface area contributed by atoms with Crippen LogP contribution in [0, 0.1) is 0 Å². The first-order chi connectivity index (χ1) is 18.4. The largest absolute Gasteiger partial charge is 0.336 e. The van der Waals surface area contributed by atoms with Crippen molar-refractivity contribution in [3.8, 4) is 0 Å². The average Bonchev–Trinajstić information content (AvgIpc) is 2.93. The molecule has 38 heavy (non-hydrogen) atoms. The number of nitrogens with zero attached hydrogens (tertiary/aromatic N) is 2. The number of nitrogens with one attached hydrogen (secondary N) is 2. The zero-order valence-electron chi connectivity index (χ0n) is 22.7. The summed E-state index contributed by atoms with van der Waals surface area (Å²) in [5.74, 6) is -0.142. The van der Waals surface area contributed by atoms with Crippen LogP contribution in [0.1, 0.15) is 85.9 Å². The van der Waals surface area contributed by atoms with Crippen molar-refractivity contribution >= 4 is 35.0 Å². The molecular weight excluding hydrogens is 519 g/mol. The van der Waals surface area contributed by atoms with Crippen LogP contribution >= 0.6 is 23.2 Å². The Morgan fingerprint density at radius 2 is 1.00 bits per heavy atom. The van der Waals surface area contributed by atoms with Crippen molar-refractivity contribution < 1.29 is 9.59 Å². The second kappa shape index (κ2) is 16.1. The van der Waals surface area contributed by atoms with Gasteiger partial charge < -0.3 is 10.6 Å². The first-order valence-electron chi connectivity index (χ1n) is 14.0. The third-order valence-corrected chi connectivity index (χ3v) is 7.70. The van der Waals surface area contributed by atoms with Gasteiger partial charge in [0.2, 0.25) is 0 Å². The minimum absolute atomic E-state index is 0.0194. The molecule has 1 heterocycles. The van der Waals surface area contributed by atoms with E-state index < -0.39 is 0 Å². The summed E-state index contributed by atoms with van der Waals surface area (Å²) in [4.78, 5) is 30.7. The molecule has 0 aromatic heterocycles. The van der Waals surface area contributed by atoms with E-state index in [1.807, 2.05) is 0 Å². The predicted octanol–water partition coefficient (Wildman–Crippen LogP) is 6.58. The number of carbonyl (C=O) groups excluding carboxylic acids is 2. The number of piperazine rings is 1. The minimum atomic E-state index is -0.0711. The molecule has 0 aliphatic carbocycles. The zero-order chi connectivity index (χ0) is 27.3. The lowest BCUT2D eigenvalue weighted by atomic mass is 10.1. The molecule has 0 bridgehead atoms. The van der Waals surface area contributed by atoms with Crippen molar-refractivity contribution in [2.24, 2.45) is 0 Å². The molecular formula is C30H42Cl2N4O2. The third-order valence-electron chi connectivity index (χ3n) is 7.20. The third kappa shape index (κ3) is 9.57. The van der Waals surface area contributed by atoms with Crippen LogP contribution in [-0.2, 0) is 0 Å². The van der Waals surface area contributed by atoms with Gasteiger partial charge in [0, 0.05) is 47.4 Å². The van der Waals surface area contributed by atoms with Gasteiger partial charge in [-0.25, -0.2) is 0 Å². The van der Waals surface area contributed by atoms with E-state index in [0.717, 1.165) is 77.5 Å². The van der Waals surface area contributed by atoms with E-state index in [4.69, 9.17) is 23.2 Å². The van der Waals surface area contributed by atoms with Gasteiger partial charge in [-0.2, -0.15) is 0 Å². The topological polar surface area (TPSA) is 64.7 Å². The molecule has 2 aromatic carbocycles. The molecule has 1 aliphatic rings. The van der Waals surface area contributed by atoms with E-state index in [9.17, 15) is 9.59 Å². The summed E-state index contributed by atoms with van der Waals surface area (Å²) in [6, 6.07) is 14.1. The fraction of sp³-hybridized carbons (Fsp3) is 0.533. The van der Waals surface area contributed by atoms with E-state index in [1.165, 1.54) is 0 Å². The standard InChI is InChI=1S/C30H42Cl2N4O2/c1-3-5-7-9-27(33-29(37)23-11-15-25(31)16-12-23)35-19-21-36(22-20-35)28(10-8-6-4-2)34-30(38)24-13-17-26(32)18-14-24/h11-18,27-28H,3-10,19-22H2,1-2H3,(H,33,37)(H,34,38). The van der Waals surface area contributed by atoms with Crippen molar-refractivity contribution in [1.29, 1.82) is 0 Å². The number of hydrogen-bond donors (Lipinski definition) is 2. The van der Waals surface area contributed by atoms with Gasteiger partial charge in [-0.1, -0.05) is 75.6 Å². The molecule has 2 atom stereocenters. The number of unbranched alkanes of at least 4 members (excludes halogenated alkanes) is 4. The van der Waals surface area contributed by atoms with Gasteiger partial charge in [0.15, 0.2) is 0 Å². The lowest BCUT2D eigenvalue weighted by molar-refractivity contribution is 0.0371. The van der Waals surface area contributed by atoms with Crippen LogP contribution in [0.15, 0.2) is 48.5 Å². The van der Waals surface area contributed by atoms with Crippen LogP contribution in [0.3, 0.4) is 0 Å². The molecule has 8 heteroatoms. The highest BCUT2D eigenvalue weighted by atomic mass is 35.5. The highest BCUT2D eigenvalue weighted by molar-refractivity contribution is 6.31. The van der Waals surface area contributed by atoms with Gasteiger partial charge in [-0.3, -0.25) is 19.4 Å². The van der Waals surface area contributed by atoms with E-state index in [1.54, 1.807) is 48.5 Å². The van der Waals surface area contributed by atoms with Crippen LogP contribution < -0.4 is 10.6 Å². The second-order valence-corrected chi connectivity index (χ2v) is 10.9. The van der Waals surface area contributed by atoms with Crippen molar-refractivity contribution in [2.45, 2.75) is 77.5 Å². The van der Waals surface area contributed by atoms with E-state index >= 15 is 0 Å². The first kappa shape index (κ1) is 30.4. The van der Waals surface area contributed by atoms with Gasteiger partial charge in [-0.05, 0) is 61.4 Å². The Balaban J connectivity index is 1.63. The molecule has 2 unspecified atom stereocenters. The average molecular weight is 562 g/mol. The SMILES string of the molecule is CCCCCC(NC(=O)c1ccc(Cl)cc1)N1CCN(C(CCCCC)NC(=O)c2ccc(Cl)cc2)CC1. The number of carbonyl (C=O) groups is 2. The highest BCUT2D eigenvalue weighted by Gasteiger charge is 2.29. The number of amides is 2. The van der Waals surface area contributed by atoms with Gasteiger partial charge in [0.05, 0.1) is 12.3 Å². The van der Waals surface area contributed by atoms with Gasteiger partial charge in [-0.15, -0.1) is 0 Å². The quantitative estimate of drug-likeness (QED) is 0.256. The van der Waals surface area contributed by atoms with Crippen LogP contribution in [0.25, 0.3) is 0 Å². The summed E-state index contributed by atoms with van der Waals surface area (Å²) in [5, 5.41) is 7.78. The van der Waals surface area contributed by atoms with Crippen LogP contribution in [0.4, 0.5) is 0 Å². The Morgan fingerprint density at radius 3 is 1.32 bits per heavy atom. The fourth-order valence-electron chi connectivity index (χ4n) is 4.90. The maximum Gasteiger partial charge on any atom is 0.252 e. The van der Waals surface area contributed by atoms with Gasteiger partial charge in [0.25, 0.3) is 11.8 Å². The maximum absolute atomic E-state index is 13.0. The predicted molar refractivity (Wildman–Crippen MR) is 157 cm³/mol. The Hall–Kier alpha value is -2.12. The molecule has 6 nitrogen and oxygen atoms in total. The fourth-order valence-corrected chi connectivity index (χ4v) is 5.15. The van der Waals surface area contributed by atoms with Gasteiger partial charge in [0.1, 0.15) is 0 Å². The number of halogens is 2. The lowest BCUT2D eigenvalue weighted by Crippen LogP contribution is -2.60. The molecule has 208 valence electrons. The van der Waals surface area contributed by atoms with Crippen LogP contribution in [0.5, 0.6) is 0 Å². The molecule has 0 radical (unpaired) electrons. The Morgan fingerprint density at radius 1 is 0.658 bits per heavy atom. The molecule has 2 amide bonds.